The minimum Gasteiger partial charge on any atom is -0.508 e. The molecule has 0 aliphatic heterocycles. The molecule has 0 unspecified atom stereocenters. The van der Waals surface area contributed by atoms with Crippen molar-refractivity contribution in [3.05, 3.63) is 23.8 Å². The zero-order chi connectivity index (χ0) is 10.6. The average molecular weight is 231 g/mol. The number of benzene rings is 1. The normalized spacial score (nSPS) is 10.1. The lowest BCUT2D eigenvalue weighted by molar-refractivity contribution is 0.291. The van der Waals surface area contributed by atoms with Crippen LogP contribution in [0.15, 0.2) is 18.2 Å². The van der Waals surface area contributed by atoms with Crippen LogP contribution in [0.3, 0.4) is 0 Å². The highest BCUT2D eigenvalue weighted by Gasteiger charge is 2.05. The fourth-order valence-electron chi connectivity index (χ4n) is 1.42. The number of aromatic hydroxyl groups is 1. The van der Waals surface area contributed by atoms with Crippen LogP contribution in [0.2, 0.25) is 0 Å². The number of phenols is 1. The maximum Gasteiger partial charge on any atom is 0.120 e. The standard InChI is InChI=1S/C11H18N2O.ClH/c1-3-13(4-2)8-9-7-10(12)5-6-11(9)14;/h5-7,14H,3-4,8,12H2,1-2H3;1H. The van der Waals surface area contributed by atoms with Crippen LogP contribution in [-0.4, -0.2) is 23.1 Å². The Morgan fingerprint density at radius 3 is 2.40 bits per heavy atom. The number of anilines is 1. The van der Waals surface area contributed by atoms with Gasteiger partial charge in [0.05, 0.1) is 0 Å². The summed E-state index contributed by atoms with van der Waals surface area (Å²) in [6.45, 7) is 6.92. The predicted octanol–water partition coefficient (Wildman–Crippen LogP) is 2.24. The van der Waals surface area contributed by atoms with Crippen molar-refractivity contribution in [2.75, 3.05) is 18.8 Å². The van der Waals surface area contributed by atoms with E-state index in [9.17, 15) is 5.11 Å². The molecule has 1 aromatic rings. The molecule has 0 radical (unpaired) electrons. The highest BCUT2D eigenvalue weighted by Crippen LogP contribution is 2.21. The molecular weight excluding hydrogens is 212 g/mol. The average Bonchev–Trinajstić information content (AvgIpc) is 2.19. The number of nitrogens with zero attached hydrogens (tertiary/aromatic N) is 1. The number of nitrogen functional groups attached to an aromatic ring is 1. The summed E-state index contributed by atoms with van der Waals surface area (Å²) in [5, 5.41) is 9.59. The molecule has 1 aromatic carbocycles. The summed E-state index contributed by atoms with van der Waals surface area (Å²) < 4.78 is 0. The molecule has 15 heavy (non-hydrogen) atoms. The van der Waals surface area contributed by atoms with E-state index < -0.39 is 0 Å². The van der Waals surface area contributed by atoms with Gasteiger partial charge in [-0.05, 0) is 31.3 Å². The molecule has 3 N–H and O–H groups in total. The van der Waals surface area contributed by atoms with E-state index in [0.29, 0.717) is 11.4 Å². The van der Waals surface area contributed by atoms with Crippen LogP contribution < -0.4 is 5.73 Å². The van der Waals surface area contributed by atoms with Gasteiger partial charge in [-0.25, -0.2) is 0 Å². The van der Waals surface area contributed by atoms with Crippen LogP contribution >= 0.6 is 12.4 Å². The molecule has 3 nitrogen and oxygen atoms in total. The Balaban J connectivity index is 0.00000196. The van der Waals surface area contributed by atoms with Crippen molar-refractivity contribution in [1.29, 1.82) is 0 Å². The lowest BCUT2D eigenvalue weighted by Crippen LogP contribution is -2.22. The molecule has 0 aliphatic carbocycles. The van der Waals surface area contributed by atoms with Crippen molar-refractivity contribution >= 4 is 18.1 Å². The summed E-state index contributed by atoms with van der Waals surface area (Å²) in [6, 6.07) is 5.18. The molecule has 0 fully saturated rings. The Labute approximate surface area is 97.3 Å². The van der Waals surface area contributed by atoms with Crippen LogP contribution in [0.25, 0.3) is 0 Å². The fraction of sp³-hybridized carbons (Fsp3) is 0.455. The summed E-state index contributed by atoms with van der Waals surface area (Å²) in [5.74, 6) is 0.325. The topological polar surface area (TPSA) is 49.5 Å². The number of hydrogen-bond acceptors (Lipinski definition) is 3. The maximum atomic E-state index is 9.59. The van der Waals surface area contributed by atoms with Gasteiger partial charge in [-0.15, -0.1) is 12.4 Å². The zero-order valence-corrected chi connectivity index (χ0v) is 10.0. The van der Waals surface area contributed by atoms with E-state index in [1.165, 1.54) is 0 Å². The second kappa shape index (κ2) is 6.53. The minimum absolute atomic E-state index is 0. The van der Waals surface area contributed by atoms with E-state index in [1.54, 1.807) is 12.1 Å². The summed E-state index contributed by atoms with van der Waals surface area (Å²) >= 11 is 0. The molecule has 86 valence electrons. The molecule has 0 aromatic heterocycles. The van der Waals surface area contributed by atoms with Crippen LogP contribution in [-0.2, 0) is 6.54 Å². The minimum atomic E-state index is 0. The van der Waals surface area contributed by atoms with E-state index in [-0.39, 0.29) is 12.4 Å². The van der Waals surface area contributed by atoms with Crippen molar-refractivity contribution < 1.29 is 5.11 Å². The molecule has 0 saturated heterocycles. The molecule has 0 atom stereocenters. The van der Waals surface area contributed by atoms with Gasteiger partial charge < -0.3 is 10.8 Å². The Bertz CT molecular complexity index is 301. The Morgan fingerprint density at radius 2 is 1.87 bits per heavy atom. The number of phenolic OH excluding ortho intramolecular Hbond substituents is 1. The van der Waals surface area contributed by atoms with E-state index in [0.717, 1.165) is 25.2 Å². The van der Waals surface area contributed by atoms with E-state index in [1.807, 2.05) is 6.07 Å². The molecular formula is C11H19ClN2O. The first-order valence-electron chi connectivity index (χ1n) is 4.97. The summed E-state index contributed by atoms with van der Waals surface area (Å²) in [6.07, 6.45) is 0. The number of halogens is 1. The lowest BCUT2D eigenvalue weighted by Gasteiger charge is -2.18. The Kier molecular flexibility index (Phi) is 6.13. The maximum absolute atomic E-state index is 9.59. The molecule has 0 bridgehead atoms. The zero-order valence-electron chi connectivity index (χ0n) is 9.23. The molecule has 0 amide bonds. The van der Waals surface area contributed by atoms with Crippen molar-refractivity contribution in [1.82, 2.24) is 4.90 Å². The summed E-state index contributed by atoms with van der Waals surface area (Å²) in [4.78, 5) is 2.23. The van der Waals surface area contributed by atoms with Gasteiger partial charge in [-0.3, -0.25) is 4.90 Å². The third kappa shape index (κ3) is 3.98. The van der Waals surface area contributed by atoms with Crippen LogP contribution in [0.1, 0.15) is 19.4 Å². The second-order valence-corrected chi connectivity index (χ2v) is 3.35. The van der Waals surface area contributed by atoms with Gasteiger partial charge in [0.25, 0.3) is 0 Å². The van der Waals surface area contributed by atoms with E-state index in [4.69, 9.17) is 5.73 Å². The van der Waals surface area contributed by atoms with Crippen LogP contribution in [0.5, 0.6) is 5.75 Å². The van der Waals surface area contributed by atoms with Gasteiger partial charge in [0.2, 0.25) is 0 Å². The third-order valence-electron chi connectivity index (χ3n) is 2.39. The lowest BCUT2D eigenvalue weighted by atomic mass is 10.1. The number of nitrogens with two attached hydrogens (primary N) is 1. The first kappa shape index (κ1) is 14.1. The quantitative estimate of drug-likeness (QED) is 0.616. The van der Waals surface area contributed by atoms with Crippen LogP contribution in [0, 0.1) is 0 Å². The number of hydrogen-bond donors (Lipinski definition) is 2. The SMILES string of the molecule is CCN(CC)Cc1cc(N)ccc1O.Cl. The molecule has 0 saturated carbocycles. The van der Waals surface area contributed by atoms with Gasteiger partial charge in [0, 0.05) is 17.8 Å². The van der Waals surface area contributed by atoms with E-state index >= 15 is 0 Å². The monoisotopic (exact) mass is 230 g/mol. The summed E-state index contributed by atoms with van der Waals surface area (Å²) in [5.41, 5.74) is 7.25. The molecule has 0 heterocycles. The number of rotatable bonds is 4. The highest BCUT2D eigenvalue weighted by atomic mass is 35.5. The van der Waals surface area contributed by atoms with Gasteiger partial charge in [-0.2, -0.15) is 0 Å². The van der Waals surface area contributed by atoms with Crippen molar-refractivity contribution in [3.63, 3.8) is 0 Å². The third-order valence-corrected chi connectivity index (χ3v) is 2.39. The Morgan fingerprint density at radius 1 is 1.27 bits per heavy atom. The first-order chi connectivity index (χ1) is 6.67. The van der Waals surface area contributed by atoms with Gasteiger partial charge in [-0.1, -0.05) is 13.8 Å². The predicted molar refractivity (Wildman–Crippen MR) is 66.4 cm³/mol. The Hall–Kier alpha value is -0.930. The van der Waals surface area contributed by atoms with Crippen molar-refractivity contribution in [2.45, 2.75) is 20.4 Å². The molecule has 4 heteroatoms. The molecule has 0 aliphatic rings. The highest BCUT2D eigenvalue weighted by molar-refractivity contribution is 5.85. The largest absolute Gasteiger partial charge is 0.508 e. The van der Waals surface area contributed by atoms with Gasteiger partial charge in [0.1, 0.15) is 5.75 Å². The molecule has 1 rings (SSSR count). The van der Waals surface area contributed by atoms with Crippen LogP contribution in [0.4, 0.5) is 5.69 Å². The van der Waals surface area contributed by atoms with Gasteiger partial charge in [0.15, 0.2) is 0 Å². The smallest absolute Gasteiger partial charge is 0.120 e. The fourth-order valence-corrected chi connectivity index (χ4v) is 1.42. The molecule has 0 spiro atoms. The second-order valence-electron chi connectivity index (χ2n) is 3.35. The first-order valence-corrected chi connectivity index (χ1v) is 4.97. The van der Waals surface area contributed by atoms with E-state index in [2.05, 4.69) is 18.7 Å². The summed E-state index contributed by atoms with van der Waals surface area (Å²) in [7, 11) is 0. The van der Waals surface area contributed by atoms with Gasteiger partial charge >= 0.3 is 0 Å². The van der Waals surface area contributed by atoms with Crippen molar-refractivity contribution in [2.24, 2.45) is 0 Å². The van der Waals surface area contributed by atoms with Crippen molar-refractivity contribution in [3.8, 4) is 5.75 Å².